The highest BCUT2D eigenvalue weighted by atomic mass is 35.5. The number of hydrogen-bond acceptors (Lipinski definition) is 4. The van der Waals surface area contributed by atoms with Gasteiger partial charge in [0.05, 0.1) is 11.6 Å². The van der Waals surface area contributed by atoms with Crippen LogP contribution in [0.1, 0.15) is 30.3 Å². The molecule has 0 saturated heterocycles. The van der Waals surface area contributed by atoms with Crippen molar-refractivity contribution in [1.82, 2.24) is 14.8 Å². The number of rotatable bonds is 9. The third-order valence-corrected chi connectivity index (χ3v) is 5.97. The predicted molar refractivity (Wildman–Crippen MR) is 117 cm³/mol. The molecule has 0 aliphatic heterocycles. The van der Waals surface area contributed by atoms with Crippen molar-refractivity contribution < 1.29 is 4.74 Å². The average molecular weight is 436 g/mol. The molecule has 2 aromatic carbocycles. The van der Waals surface area contributed by atoms with E-state index in [1.807, 2.05) is 0 Å². The normalized spacial score (nSPS) is 11.0. The van der Waals surface area contributed by atoms with Gasteiger partial charge < -0.3 is 9.30 Å². The van der Waals surface area contributed by atoms with Crippen LogP contribution in [0.4, 0.5) is 0 Å². The second kappa shape index (κ2) is 10.2. The predicted octanol–water partition coefficient (Wildman–Crippen LogP) is 6.22. The molecular formula is C21H23Cl2N3OS. The number of aryl methyl sites for hydroxylation is 2. The summed E-state index contributed by atoms with van der Waals surface area (Å²) in [6.45, 7) is 5.67. The van der Waals surface area contributed by atoms with E-state index in [1.54, 1.807) is 30.0 Å². The fourth-order valence-corrected chi connectivity index (χ4v) is 4.41. The van der Waals surface area contributed by atoms with Crippen LogP contribution in [0.3, 0.4) is 0 Å². The Bertz CT molecular complexity index is 930. The van der Waals surface area contributed by atoms with E-state index in [0.29, 0.717) is 22.4 Å². The third kappa shape index (κ3) is 5.43. The minimum absolute atomic E-state index is 0.527. The summed E-state index contributed by atoms with van der Waals surface area (Å²) in [7, 11) is 0. The van der Waals surface area contributed by atoms with E-state index < -0.39 is 0 Å². The number of hydrogen-bond donors (Lipinski definition) is 0. The fraction of sp³-hybridized carbons (Fsp3) is 0.333. The van der Waals surface area contributed by atoms with Crippen molar-refractivity contribution in [2.75, 3.05) is 6.61 Å². The van der Waals surface area contributed by atoms with Gasteiger partial charge >= 0.3 is 0 Å². The molecule has 7 heteroatoms. The molecule has 0 fully saturated rings. The largest absolute Gasteiger partial charge is 0.492 e. The highest BCUT2D eigenvalue weighted by Crippen LogP contribution is 2.28. The van der Waals surface area contributed by atoms with Crippen LogP contribution < -0.4 is 4.74 Å². The molecule has 0 spiro atoms. The average Bonchev–Trinajstić information content (AvgIpc) is 3.07. The lowest BCUT2D eigenvalue weighted by Crippen LogP contribution is -2.06. The summed E-state index contributed by atoms with van der Waals surface area (Å²) in [5.74, 6) is 2.53. The van der Waals surface area contributed by atoms with E-state index in [1.165, 1.54) is 11.1 Å². The molecule has 28 heavy (non-hydrogen) atoms. The molecule has 148 valence electrons. The van der Waals surface area contributed by atoms with Crippen molar-refractivity contribution in [3.05, 3.63) is 69.5 Å². The SMILES string of the molecule is CCn1c(CCCOc2ccc(Cl)cc2Cl)nnc1SCc1ccccc1C. The van der Waals surface area contributed by atoms with Crippen LogP contribution in [0.15, 0.2) is 47.6 Å². The van der Waals surface area contributed by atoms with Gasteiger partial charge in [-0.15, -0.1) is 10.2 Å². The first-order valence-electron chi connectivity index (χ1n) is 9.25. The molecule has 0 saturated carbocycles. The first-order chi connectivity index (χ1) is 13.6. The van der Waals surface area contributed by atoms with E-state index in [0.717, 1.165) is 36.1 Å². The number of aromatic nitrogens is 3. The Hall–Kier alpha value is -1.69. The van der Waals surface area contributed by atoms with E-state index >= 15 is 0 Å². The Kier molecular flexibility index (Phi) is 7.65. The molecule has 0 atom stereocenters. The van der Waals surface area contributed by atoms with Crippen LogP contribution in [-0.4, -0.2) is 21.4 Å². The highest BCUT2D eigenvalue weighted by Gasteiger charge is 2.12. The molecule has 0 radical (unpaired) electrons. The van der Waals surface area contributed by atoms with Crippen molar-refractivity contribution in [2.24, 2.45) is 0 Å². The maximum Gasteiger partial charge on any atom is 0.191 e. The number of halogens is 2. The van der Waals surface area contributed by atoms with Gasteiger partial charge in [-0.3, -0.25) is 0 Å². The highest BCUT2D eigenvalue weighted by molar-refractivity contribution is 7.98. The van der Waals surface area contributed by atoms with Crippen LogP contribution in [0, 0.1) is 6.92 Å². The minimum Gasteiger partial charge on any atom is -0.492 e. The molecule has 3 aromatic rings. The summed E-state index contributed by atoms with van der Waals surface area (Å²) in [5, 5.41) is 10.9. The number of thioether (sulfide) groups is 1. The summed E-state index contributed by atoms with van der Waals surface area (Å²) in [5.41, 5.74) is 2.63. The summed E-state index contributed by atoms with van der Waals surface area (Å²) in [4.78, 5) is 0. The molecular weight excluding hydrogens is 413 g/mol. The lowest BCUT2D eigenvalue weighted by Gasteiger charge is -2.10. The van der Waals surface area contributed by atoms with Gasteiger partial charge in [-0.2, -0.15) is 0 Å². The molecule has 0 unspecified atom stereocenters. The van der Waals surface area contributed by atoms with Crippen LogP contribution in [0.2, 0.25) is 10.0 Å². The van der Waals surface area contributed by atoms with Gasteiger partial charge in [0.25, 0.3) is 0 Å². The summed E-state index contributed by atoms with van der Waals surface area (Å²) >= 11 is 13.8. The maximum atomic E-state index is 6.13. The first kappa shape index (κ1) is 21.0. The van der Waals surface area contributed by atoms with E-state index in [9.17, 15) is 0 Å². The second-order valence-electron chi connectivity index (χ2n) is 6.38. The lowest BCUT2D eigenvalue weighted by molar-refractivity contribution is 0.309. The van der Waals surface area contributed by atoms with Crippen LogP contribution in [0.5, 0.6) is 5.75 Å². The summed E-state index contributed by atoms with van der Waals surface area (Å²) in [6, 6.07) is 13.7. The van der Waals surface area contributed by atoms with Gasteiger partial charge in [-0.05, 0) is 49.6 Å². The maximum absolute atomic E-state index is 6.13. The fourth-order valence-electron chi connectivity index (χ4n) is 2.85. The molecule has 1 aromatic heterocycles. The van der Waals surface area contributed by atoms with Gasteiger partial charge in [0.15, 0.2) is 5.16 Å². The van der Waals surface area contributed by atoms with E-state index in [-0.39, 0.29) is 0 Å². The van der Waals surface area contributed by atoms with Crippen molar-refractivity contribution >= 4 is 35.0 Å². The van der Waals surface area contributed by atoms with Crippen LogP contribution in [0.25, 0.3) is 0 Å². The third-order valence-electron chi connectivity index (χ3n) is 4.42. The molecule has 0 aliphatic carbocycles. The Labute approximate surface area is 180 Å². The molecule has 3 rings (SSSR count). The van der Waals surface area contributed by atoms with Gasteiger partial charge in [0, 0.05) is 23.7 Å². The topological polar surface area (TPSA) is 39.9 Å². The molecule has 0 amide bonds. The molecule has 0 N–H and O–H groups in total. The lowest BCUT2D eigenvalue weighted by atomic mass is 10.1. The number of nitrogens with zero attached hydrogens (tertiary/aromatic N) is 3. The van der Waals surface area contributed by atoms with Crippen molar-refractivity contribution in [1.29, 1.82) is 0 Å². The number of ether oxygens (including phenoxy) is 1. The monoisotopic (exact) mass is 435 g/mol. The smallest absolute Gasteiger partial charge is 0.191 e. The zero-order valence-corrected chi connectivity index (χ0v) is 18.3. The Balaban J connectivity index is 1.54. The second-order valence-corrected chi connectivity index (χ2v) is 8.17. The zero-order valence-electron chi connectivity index (χ0n) is 16.0. The van der Waals surface area contributed by atoms with Gasteiger partial charge in [0.2, 0.25) is 0 Å². The molecule has 0 aliphatic rings. The Morgan fingerprint density at radius 3 is 2.68 bits per heavy atom. The van der Waals surface area contributed by atoms with Gasteiger partial charge in [-0.25, -0.2) is 0 Å². The van der Waals surface area contributed by atoms with Gasteiger partial charge in [0.1, 0.15) is 11.6 Å². The van der Waals surface area contributed by atoms with Crippen LogP contribution >= 0.6 is 35.0 Å². The Morgan fingerprint density at radius 1 is 1.11 bits per heavy atom. The van der Waals surface area contributed by atoms with Crippen molar-refractivity contribution in [2.45, 2.75) is 44.1 Å². The first-order valence-corrected chi connectivity index (χ1v) is 11.0. The van der Waals surface area contributed by atoms with E-state index in [4.69, 9.17) is 27.9 Å². The van der Waals surface area contributed by atoms with Gasteiger partial charge in [-0.1, -0.05) is 59.2 Å². The minimum atomic E-state index is 0.527. The zero-order chi connectivity index (χ0) is 19.9. The van der Waals surface area contributed by atoms with E-state index in [2.05, 4.69) is 52.9 Å². The summed E-state index contributed by atoms with van der Waals surface area (Å²) < 4.78 is 7.94. The molecule has 4 nitrogen and oxygen atoms in total. The molecule has 1 heterocycles. The van der Waals surface area contributed by atoms with Crippen LogP contribution in [-0.2, 0) is 18.7 Å². The van der Waals surface area contributed by atoms with Crippen molar-refractivity contribution in [3.63, 3.8) is 0 Å². The molecule has 0 bridgehead atoms. The number of benzene rings is 2. The van der Waals surface area contributed by atoms with Crippen molar-refractivity contribution in [3.8, 4) is 5.75 Å². The quantitative estimate of drug-likeness (QED) is 0.295. The standard InChI is InChI=1S/C21H23Cl2N3OS/c1-3-26-20(9-6-12-27-19-11-10-17(22)13-18(19)23)24-25-21(26)28-14-16-8-5-4-7-15(16)2/h4-5,7-8,10-11,13H,3,6,9,12,14H2,1-2H3. The Morgan fingerprint density at radius 2 is 1.93 bits per heavy atom. The summed E-state index contributed by atoms with van der Waals surface area (Å²) in [6.07, 6.45) is 1.64.